The van der Waals surface area contributed by atoms with Crippen molar-refractivity contribution >= 4 is 28.2 Å². The summed E-state index contributed by atoms with van der Waals surface area (Å²) < 4.78 is 11.2. The fraction of sp³-hybridized carbons (Fsp3) is 0.385. The molecule has 0 unspecified atom stereocenters. The van der Waals surface area contributed by atoms with Crippen LogP contribution in [-0.4, -0.2) is 29.7 Å². The number of hydrogen-bond acceptors (Lipinski definition) is 7. The molecule has 1 N–H and O–H groups in total. The summed E-state index contributed by atoms with van der Waals surface area (Å²) >= 11 is 3.25. The van der Waals surface area contributed by atoms with Gasteiger partial charge in [0.25, 0.3) is 0 Å². The van der Waals surface area contributed by atoms with Gasteiger partial charge in [0.1, 0.15) is 18.2 Å². The van der Waals surface area contributed by atoms with E-state index in [0.29, 0.717) is 19.8 Å². The maximum absolute atomic E-state index is 5.63. The highest BCUT2D eigenvalue weighted by Gasteiger charge is 2.15. The Labute approximate surface area is 125 Å². The van der Waals surface area contributed by atoms with Gasteiger partial charge in [-0.1, -0.05) is 11.3 Å². The van der Waals surface area contributed by atoms with Gasteiger partial charge in [-0.25, -0.2) is 0 Å². The predicted molar refractivity (Wildman–Crippen MR) is 81.2 cm³/mol. The van der Waals surface area contributed by atoms with Gasteiger partial charge in [-0.05, 0) is 30.9 Å². The van der Waals surface area contributed by atoms with Crippen LogP contribution in [0.15, 0.2) is 17.0 Å². The average Bonchev–Trinajstić information content (AvgIpc) is 2.89. The SMILES string of the molecule is CSc1cc2c(cc1CNc1nnc(C)s1)OCCO2. The fourth-order valence-electron chi connectivity index (χ4n) is 1.98. The summed E-state index contributed by atoms with van der Waals surface area (Å²) in [5, 5.41) is 13.2. The molecular weight excluding hydrogens is 294 g/mol. The lowest BCUT2D eigenvalue weighted by atomic mass is 10.2. The topological polar surface area (TPSA) is 56.3 Å². The third kappa shape index (κ3) is 2.83. The molecule has 0 bridgehead atoms. The maximum atomic E-state index is 5.63. The Balaban J connectivity index is 1.80. The Morgan fingerprint density at radius 1 is 1.25 bits per heavy atom. The molecule has 0 saturated heterocycles. The molecule has 1 aliphatic heterocycles. The summed E-state index contributed by atoms with van der Waals surface area (Å²) in [5.41, 5.74) is 1.18. The number of fused-ring (bicyclic) bond motifs is 1. The molecule has 0 atom stereocenters. The Kier molecular flexibility index (Phi) is 3.98. The Morgan fingerprint density at radius 2 is 2.00 bits per heavy atom. The van der Waals surface area contributed by atoms with Gasteiger partial charge in [0, 0.05) is 11.4 Å². The molecule has 1 aromatic heterocycles. The number of aryl methyl sites for hydroxylation is 1. The summed E-state index contributed by atoms with van der Waals surface area (Å²) in [6.45, 7) is 3.86. The van der Waals surface area contributed by atoms with Crippen molar-refractivity contribution in [2.45, 2.75) is 18.4 Å². The van der Waals surface area contributed by atoms with Gasteiger partial charge in [0.2, 0.25) is 5.13 Å². The first-order chi connectivity index (χ1) is 9.76. The second-order valence-corrected chi connectivity index (χ2v) is 6.32. The maximum Gasteiger partial charge on any atom is 0.205 e. The number of anilines is 1. The van der Waals surface area contributed by atoms with Crippen molar-refractivity contribution in [2.75, 3.05) is 24.8 Å². The molecule has 5 nitrogen and oxygen atoms in total. The van der Waals surface area contributed by atoms with Crippen molar-refractivity contribution in [2.24, 2.45) is 0 Å². The molecule has 0 aliphatic carbocycles. The molecule has 3 rings (SSSR count). The summed E-state index contributed by atoms with van der Waals surface area (Å²) in [6, 6.07) is 4.09. The lowest BCUT2D eigenvalue weighted by Crippen LogP contribution is -2.16. The molecule has 106 valence electrons. The summed E-state index contributed by atoms with van der Waals surface area (Å²) in [5.74, 6) is 1.65. The van der Waals surface area contributed by atoms with Crippen LogP contribution in [0, 0.1) is 6.92 Å². The van der Waals surface area contributed by atoms with E-state index in [0.717, 1.165) is 21.6 Å². The number of nitrogens with one attached hydrogen (secondary N) is 1. The number of benzene rings is 1. The highest BCUT2D eigenvalue weighted by molar-refractivity contribution is 7.98. The van der Waals surface area contributed by atoms with Crippen LogP contribution < -0.4 is 14.8 Å². The zero-order valence-electron chi connectivity index (χ0n) is 11.3. The van der Waals surface area contributed by atoms with Gasteiger partial charge in [0.15, 0.2) is 11.5 Å². The van der Waals surface area contributed by atoms with Crippen LogP contribution in [0.1, 0.15) is 10.6 Å². The molecule has 0 radical (unpaired) electrons. The zero-order valence-corrected chi connectivity index (χ0v) is 12.9. The van der Waals surface area contributed by atoms with Gasteiger partial charge in [-0.3, -0.25) is 0 Å². The highest BCUT2D eigenvalue weighted by Crippen LogP contribution is 2.36. The first-order valence-corrected chi connectivity index (χ1v) is 8.31. The minimum Gasteiger partial charge on any atom is -0.486 e. The van der Waals surface area contributed by atoms with E-state index < -0.39 is 0 Å². The molecule has 0 saturated carbocycles. The highest BCUT2D eigenvalue weighted by atomic mass is 32.2. The van der Waals surface area contributed by atoms with Gasteiger partial charge < -0.3 is 14.8 Å². The second kappa shape index (κ2) is 5.88. The smallest absolute Gasteiger partial charge is 0.205 e. The standard InChI is InChI=1S/C13H15N3O2S2/c1-8-15-16-13(20-8)14-7-9-5-10-11(6-12(9)19-2)18-4-3-17-10/h5-6H,3-4,7H2,1-2H3,(H,14,16). The molecule has 1 aromatic carbocycles. The quantitative estimate of drug-likeness (QED) is 0.876. The second-order valence-electron chi connectivity index (χ2n) is 4.29. The van der Waals surface area contributed by atoms with E-state index in [1.807, 2.05) is 19.1 Å². The van der Waals surface area contributed by atoms with Crippen molar-refractivity contribution < 1.29 is 9.47 Å². The van der Waals surface area contributed by atoms with E-state index in [9.17, 15) is 0 Å². The molecule has 0 spiro atoms. The molecule has 2 aromatic rings. The molecule has 0 amide bonds. The van der Waals surface area contributed by atoms with E-state index in [4.69, 9.17) is 9.47 Å². The molecule has 20 heavy (non-hydrogen) atoms. The number of nitrogens with zero attached hydrogens (tertiary/aromatic N) is 2. The largest absolute Gasteiger partial charge is 0.486 e. The van der Waals surface area contributed by atoms with Crippen LogP contribution in [-0.2, 0) is 6.54 Å². The number of rotatable bonds is 4. The van der Waals surface area contributed by atoms with Gasteiger partial charge in [-0.2, -0.15) is 0 Å². The van der Waals surface area contributed by atoms with Crippen LogP contribution in [0.3, 0.4) is 0 Å². The third-order valence-electron chi connectivity index (χ3n) is 2.90. The third-order valence-corrected chi connectivity index (χ3v) is 4.52. The van der Waals surface area contributed by atoms with Crippen molar-refractivity contribution in [3.63, 3.8) is 0 Å². The van der Waals surface area contributed by atoms with E-state index in [2.05, 4.69) is 21.8 Å². The average molecular weight is 309 g/mol. The molecule has 1 aliphatic rings. The van der Waals surface area contributed by atoms with Gasteiger partial charge in [-0.15, -0.1) is 22.0 Å². The van der Waals surface area contributed by atoms with Crippen molar-refractivity contribution in [3.8, 4) is 11.5 Å². The fourth-order valence-corrected chi connectivity index (χ4v) is 3.18. The lowest BCUT2D eigenvalue weighted by Gasteiger charge is -2.20. The van der Waals surface area contributed by atoms with Crippen molar-refractivity contribution in [1.82, 2.24) is 10.2 Å². The summed E-state index contributed by atoms with van der Waals surface area (Å²) in [7, 11) is 0. The first-order valence-electron chi connectivity index (χ1n) is 6.27. The number of hydrogen-bond donors (Lipinski definition) is 1. The molecule has 7 heteroatoms. The molecule has 0 fully saturated rings. The Hall–Kier alpha value is -1.47. The summed E-state index contributed by atoms with van der Waals surface area (Å²) in [4.78, 5) is 1.18. The van der Waals surface area contributed by atoms with E-state index in [-0.39, 0.29) is 0 Å². The Bertz CT molecular complexity index is 616. The van der Waals surface area contributed by atoms with Crippen molar-refractivity contribution in [3.05, 3.63) is 22.7 Å². The van der Waals surface area contributed by atoms with Crippen LogP contribution in [0.25, 0.3) is 0 Å². The van der Waals surface area contributed by atoms with Crippen molar-refractivity contribution in [1.29, 1.82) is 0 Å². The monoisotopic (exact) mass is 309 g/mol. The minimum atomic E-state index is 0.605. The van der Waals surface area contributed by atoms with Crippen LogP contribution in [0.5, 0.6) is 11.5 Å². The zero-order chi connectivity index (χ0) is 13.9. The number of thioether (sulfide) groups is 1. The molecule has 2 heterocycles. The Morgan fingerprint density at radius 3 is 2.65 bits per heavy atom. The van der Waals surface area contributed by atoms with E-state index in [1.54, 1.807) is 23.1 Å². The summed E-state index contributed by atoms with van der Waals surface area (Å²) in [6.07, 6.45) is 2.06. The first kappa shape index (κ1) is 13.5. The number of ether oxygens (including phenoxy) is 2. The lowest BCUT2D eigenvalue weighted by molar-refractivity contribution is 0.171. The number of aromatic nitrogens is 2. The van der Waals surface area contributed by atoms with Crippen LogP contribution >= 0.6 is 23.1 Å². The predicted octanol–water partition coefficient (Wildman–Crippen LogP) is 2.95. The van der Waals surface area contributed by atoms with Crippen LogP contribution in [0.2, 0.25) is 0 Å². The minimum absolute atomic E-state index is 0.605. The van der Waals surface area contributed by atoms with E-state index in [1.165, 1.54) is 10.5 Å². The normalized spacial score (nSPS) is 13.3. The molecular formula is C13H15N3O2S2. The van der Waals surface area contributed by atoms with Gasteiger partial charge >= 0.3 is 0 Å². The van der Waals surface area contributed by atoms with E-state index >= 15 is 0 Å². The van der Waals surface area contributed by atoms with Crippen LogP contribution in [0.4, 0.5) is 5.13 Å². The van der Waals surface area contributed by atoms with Gasteiger partial charge in [0.05, 0.1) is 0 Å².